The molecule has 0 radical (unpaired) electrons. The van der Waals surface area contributed by atoms with Crippen molar-refractivity contribution in [3.05, 3.63) is 59.7 Å². The predicted octanol–water partition coefficient (Wildman–Crippen LogP) is 12.0. The predicted molar refractivity (Wildman–Crippen MR) is 240 cm³/mol. The number of ether oxygens (including phenoxy) is 2. The van der Waals surface area contributed by atoms with Crippen LogP contribution in [0.4, 0.5) is 11.4 Å². The van der Waals surface area contributed by atoms with Crippen molar-refractivity contribution < 1.29 is 28.7 Å². The number of rotatable bonds is 28. The number of hydrogen-bond acceptors (Lipinski definition) is 8. The summed E-state index contributed by atoms with van der Waals surface area (Å²) in [7, 11) is 0. The fourth-order valence-corrected chi connectivity index (χ4v) is 5.72. The Kier molecular flexibility index (Phi) is 29.0. The Balaban J connectivity index is 0.000000580. The Morgan fingerprint density at radius 3 is 1.07 bits per heavy atom. The van der Waals surface area contributed by atoms with Gasteiger partial charge in [0.25, 0.3) is 11.8 Å². The molecule has 0 unspecified atom stereocenters. The molecule has 2 aromatic rings. The van der Waals surface area contributed by atoms with Crippen LogP contribution >= 0.6 is 0 Å². The van der Waals surface area contributed by atoms with Gasteiger partial charge in [0.1, 0.15) is 12.1 Å². The number of esters is 2. The summed E-state index contributed by atoms with van der Waals surface area (Å²) in [6, 6.07) is 12.8. The molecule has 0 fully saturated rings. The fraction of sp³-hybridized carbons (Fsp3) is 0.625. The van der Waals surface area contributed by atoms with Crippen molar-refractivity contribution in [1.82, 2.24) is 10.6 Å². The Bertz CT molecular complexity index is 1390. The summed E-state index contributed by atoms with van der Waals surface area (Å²) in [6.07, 6.45) is 20.9. The first kappa shape index (κ1) is 51.7. The van der Waals surface area contributed by atoms with Gasteiger partial charge in [0.2, 0.25) is 0 Å². The zero-order valence-electron chi connectivity index (χ0n) is 37.3. The van der Waals surface area contributed by atoms with Gasteiger partial charge >= 0.3 is 11.9 Å². The van der Waals surface area contributed by atoms with Crippen LogP contribution in [0.2, 0.25) is 0 Å². The van der Waals surface area contributed by atoms with E-state index in [1.165, 1.54) is 77.0 Å². The third kappa shape index (κ3) is 24.4. The molecule has 2 amide bonds. The average molecular weight is 805 g/mol. The number of carbonyl (C=O) groups is 4. The minimum absolute atomic E-state index is 0.288. The Labute approximate surface area is 350 Å². The van der Waals surface area contributed by atoms with Crippen molar-refractivity contribution in [1.29, 1.82) is 0 Å². The first-order valence-electron chi connectivity index (χ1n) is 22.2. The smallest absolute Gasteiger partial charge is 0.328 e. The van der Waals surface area contributed by atoms with Gasteiger partial charge in [0, 0.05) is 22.6 Å². The number of carbonyl (C=O) groups excluding carboxylic acids is 4. The van der Waals surface area contributed by atoms with Gasteiger partial charge in [-0.15, -0.1) is 0 Å². The van der Waals surface area contributed by atoms with Crippen LogP contribution in [-0.4, -0.2) is 60.5 Å². The van der Waals surface area contributed by atoms with E-state index >= 15 is 0 Å². The molecule has 10 nitrogen and oxygen atoms in total. The van der Waals surface area contributed by atoms with E-state index in [4.69, 9.17) is 9.47 Å². The first-order valence-corrected chi connectivity index (χ1v) is 22.2. The van der Waals surface area contributed by atoms with Gasteiger partial charge in [0.15, 0.2) is 0 Å². The molecule has 0 aliphatic carbocycles. The number of nitrogens with one attached hydrogen (secondary N) is 2. The second-order valence-electron chi connectivity index (χ2n) is 15.2. The van der Waals surface area contributed by atoms with E-state index in [0.717, 1.165) is 61.3 Å². The van der Waals surface area contributed by atoms with Crippen LogP contribution in [0.25, 0.3) is 0 Å². The summed E-state index contributed by atoms with van der Waals surface area (Å²) >= 11 is 0. The van der Waals surface area contributed by atoms with E-state index in [1.807, 2.05) is 13.8 Å². The Morgan fingerprint density at radius 2 is 0.776 bits per heavy atom. The lowest BCUT2D eigenvalue weighted by atomic mass is 10.1. The lowest BCUT2D eigenvalue weighted by molar-refractivity contribution is -0.146. The molecule has 2 rings (SSSR count). The highest BCUT2D eigenvalue weighted by molar-refractivity contribution is 5.98. The van der Waals surface area contributed by atoms with Crippen molar-refractivity contribution in [2.24, 2.45) is 9.98 Å². The highest BCUT2D eigenvalue weighted by Crippen LogP contribution is 2.16. The highest BCUT2D eigenvalue weighted by Gasteiger charge is 2.19. The van der Waals surface area contributed by atoms with Crippen LogP contribution in [-0.2, 0) is 19.1 Å². The molecule has 58 heavy (non-hydrogen) atoms. The third-order valence-electron chi connectivity index (χ3n) is 9.81. The van der Waals surface area contributed by atoms with Crippen molar-refractivity contribution in [3.63, 3.8) is 0 Å². The number of aliphatic imine (C=N–C) groups is 2. The van der Waals surface area contributed by atoms with Gasteiger partial charge in [-0.05, 0) is 102 Å². The molecule has 0 saturated heterocycles. The van der Waals surface area contributed by atoms with Gasteiger partial charge in [0.05, 0.1) is 24.6 Å². The summed E-state index contributed by atoms with van der Waals surface area (Å²) in [6.45, 7) is 16.6. The third-order valence-corrected chi connectivity index (χ3v) is 9.81. The highest BCUT2D eigenvalue weighted by atomic mass is 16.5. The summed E-state index contributed by atoms with van der Waals surface area (Å²) in [5.41, 5.74) is 4.71. The minimum Gasteiger partial charge on any atom is -0.464 e. The van der Waals surface area contributed by atoms with E-state index in [-0.39, 0.29) is 23.8 Å². The maximum Gasteiger partial charge on any atom is 0.328 e. The van der Waals surface area contributed by atoms with E-state index in [9.17, 15) is 19.2 Å². The molecule has 324 valence electrons. The lowest BCUT2D eigenvalue weighted by Gasteiger charge is -2.13. The lowest BCUT2D eigenvalue weighted by Crippen LogP contribution is -2.39. The normalized spacial score (nSPS) is 12.5. The van der Waals surface area contributed by atoms with Gasteiger partial charge in [-0.3, -0.25) is 19.6 Å². The molecular formula is C48H76N4O6. The summed E-state index contributed by atoms with van der Waals surface area (Å²) in [5, 5.41) is 5.40. The van der Waals surface area contributed by atoms with E-state index < -0.39 is 12.1 Å². The fourth-order valence-electron chi connectivity index (χ4n) is 5.72. The van der Waals surface area contributed by atoms with Crippen LogP contribution in [0.1, 0.15) is 192 Å². The zero-order valence-corrected chi connectivity index (χ0v) is 37.3. The number of nitrogens with zero attached hydrogens (tertiary/aromatic N) is 2. The van der Waals surface area contributed by atoms with Crippen molar-refractivity contribution in [3.8, 4) is 0 Å². The Morgan fingerprint density at radius 1 is 0.483 bits per heavy atom. The van der Waals surface area contributed by atoms with E-state index in [1.54, 1.807) is 62.4 Å². The number of unbranched alkanes of at least 4 members (excludes halogenated alkanes) is 14. The van der Waals surface area contributed by atoms with E-state index in [0.29, 0.717) is 24.3 Å². The van der Waals surface area contributed by atoms with Crippen LogP contribution in [0, 0.1) is 0 Å². The van der Waals surface area contributed by atoms with Gasteiger partial charge in [-0.1, -0.05) is 118 Å². The van der Waals surface area contributed by atoms with Crippen LogP contribution in [0.3, 0.4) is 0 Å². The van der Waals surface area contributed by atoms with Crippen molar-refractivity contribution >= 4 is 46.6 Å². The zero-order chi connectivity index (χ0) is 43.0. The Hall–Kier alpha value is -4.34. The molecule has 0 aliphatic rings. The monoisotopic (exact) mass is 805 g/mol. The summed E-state index contributed by atoms with van der Waals surface area (Å²) in [5.74, 6) is -1.35. The van der Waals surface area contributed by atoms with Gasteiger partial charge in [-0.25, -0.2) is 9.59 Å². The standard InChI is InChI=1S/2C24H38N2O3/c2*1-5-7-8-9-10-11-12-13-18-29-24(28)20(4)26-23(27)21-14-16-22(17-15-21)25-19(3)6-2/h2*14-17,20H,5-13,18H2,1-4H3,(H,26,27)/t2*20-/m00/s1. The molecule has 2 N–H and O–H groups in total. The SMILES string of the molecule is CCCCCCCCCCOC(=O)[C@H](C)NC(=O)c1ccc(N=C(C)CC)cc1.CCCCCCCCCCOC(=O)[C@H](C)NC(=O)c1ccc(N=C(C)CC)cc1. The van der Waals surface area contributed by atoms with Crippen molar-refractivity contribution in [2.45, 2.75) is 183 Å². The molecule has 2 aromatic carbocycles. The molecule has 0 heterocycles. The molecule has 0 aliphatic heterocycles. The van der Waals surface area contributed by atoms with Gasteiger partial charge < -0.3 is 20.1 Å². The molecule has 2 atom stereocenters. The van der Waals surface area contributed by atoms with E-state index in [2.05, 4.69) is 48.3 Å². The topological polar surface area (TPSA) is 136 Å². The number of amides is 2. The van der Waals surface area contributed by atoms with Crippen LogP contribution in [0.15, 0.2) is 58.5 Å². The maximum absolute atomic E-state index is 12.3. The molecule has 0 aromatic heterocycles. The quantitative estimate of drug-likeness (QED) is 0.0499. The van der Waals surface area contributed by atoms with Crippen LogP contribution in [0.5, 0.6) is 0 Å². The number of hydrogen-bond donors (Lipinski definition) is 2. The maximum atomic E-state index is 12.3. The molecule has 0 bridgehead atoms. The summed E-state index contributed by atoms with van der Waals surface area (Å²) < 4.78 is 10.6. The second-order valence-corrected chi connectivity index (χ2v) is 15.2. The molecular weight excluding hydrogens is 729 g/mol. The van der Waals surface area contributed by atoms with Crippen LogP contribution < -0.4 is 10.6 Å². The second kappa shape index (κ2) is 32.6. The average Bonchev–Trinajstić information content (AvgIpc) is 3.22. The summed E-state index contributed by atoms with van der Waals surface area (Å²) in [4.78, 5) is 57.7. The molecule has 10 heteroatoms. The number of benzene rings is 2. The first-order chi connectivity index (χ1) is 27.9. The minimum atomic E-state index is -0.670. The van der Waals surface area contributed by atoms with Gasteiger partial charge in [-0.2, -0.15) is 0 Å². The largest absolute Gasteiger partial charge is 0.464 e. The van der Waals surface area contributed by atoms with Crippen molar-refractivity contribution in [2.75, 3.05) is 13.2 Å². The molecule has 0 saturated carbocycles. The molecule has 0 spiro atoms.